The Hall–Kier alpha value is -3.55. The molecule has 148 valence electrons. The maximum atomic E-state index is 12.3. The molecule has 0 radical (unpaired) electrons. The second kappa shape index (κ2) is 8.22. The first kappa shape index (κ1) is 18.8. The Morgan fingerprint density at radius 3 is 2.59 bits per heavy atom. The summed E-state index contributed by atoms with van der Waals surface area (Å²) >= 11 is 0. The van der Waals surface area contributed by atoms with Crippen LogP contribution in [0.25, 0.3) is 11.3 Å². The number of hydrogen-bond acceptors (Lipinski definition) is 5. The van der Waals surface area contributed by atoms with Crippen LogP contribution in [0.2, 0.25) is 0 Å². The highest BCUT2D eigenvalue weighted by Gasteiger charge is 2.25. The van der Waals surface area contributed by atoms with Gasteiger partial charge in [-0.25, -0.2) is 9.67 Å². The van der Waals surface area contributed by atoms with E-state index in [0.29, 0.717) is 11.6 Å². The summed E-state index contributed by atoms with van der Waals surface area (Å²) in [7, 11) is 0. The third-order valence-corrected chi connectivity index (χ3v) is 4.79. The SMILES string of the molecule is O=C(Cn1cnc(-c2ccccc2)cc1=O)NCCn1nc(C2CC2)ccc1=O. The van der Waals surface area contributed by atoms with Gasteiger partial charge in [0.1, 0.15) is 6.54 Å². The van der Waals surface area contributed by atoms with Crippen LogP contribution in [0, 0.1) is 0 Å². The number of hydrogen-bond donors (Lipinski definition) is 1. The van der Waals surface area contributed by atoms with Crippen LogP contribution < -0.4 is 16.4 Å². The fourth-order valence-corrected chi connectivity index (χ4v) is 3.05. The number of nitrogens with one attached hydrogen (secondary N) is 1. The number of carbonyl (C=O) groups is 1. The van der Waals surface area contributed by atoms with E-state index in [9.17, 15) is 14.4 Å². The highest BCUT2D eigenvalue weighted by Crippen LogP contribution is 2.38. The van der Waals surface area contributed by atoms with Gasteiger partial charge in [-0.05, 0) is 18.9 Å². The Morgan fingerprint density at radius 1 is 1.07 bits per heavy atom. The molecule has 8 heteroatoms. The molecular formula is C21H21N5O3. The number of carbonyl (C=O) groups excluding carboxylic acids is 1. The Morgan fingerprint density at radius 2 is 1.86 bits per heavy atom. The minimum atomic E-state index is -0.326. The Labute approximate surface area is 166 Å². The summed E-state index contributed by atoms with van der Waals surface area (Å²) in [6.07, 6.45) is 3.58. The molecule has 1 fully saturated rings. The Kier molecular flexibility index (Phi) is 5.33. The fraction of sp³-hybridized carbons (Fsp3) is 0.286. The Balaban J connectivity index is 1.34. The maximum Gasteiger partial charge on any atom is 0.266 e. The van der Waals surface area contributed by atoms with E-state index in [1.54, 1.807) is 6.07 Å². The van der Waals surface area contributed by atoms with Gasteiger partial charge in [-0.3, -0.25) is 19.0 Å². The van der Waals surface area contributed by atoms with E-state index in [4.69, 9.17) is 0 Å². The molecule has 8 nitrogen and oxygen atoms in total. The molecule has 1 saturated carbocycles. The van der Waals surface area contributed by atoms with E-state index in [1.807, 2.05) is 30.3 Å². The van der Waals surface area contributed by atoms with Crippen LogP contribution in [0.4, 0.5) is 0 Å². The molecule has 4 rings (SSSR count). The normalized spacial score (nSPS) is 13.2. The lowest BCUT2D eigenvalue weighted by molar-refractivity contribution is -0.121. The fourth-order valence-electron chi connectivity index (χ4n) is 3.05. The summed E-state index contributed by atoms with van der Waals surface area (Å²) in [5.41, 5.74) is 1.83. The van der Waals surface area contributed by atoms with E-state index in [1.165, 1.54) is 27.7 Å². The van der Waals surface area contributed by atoms with E-state index in [2.05, 4.69) is 15.4 Å². The van der Waals surface area contributed by atoms with Crippen molar-refractivity contribution in [1.82, 2.24) is 24.6 Å². The molecule has 1 aromatic carbocycles. The Bertz CT molecular complexity index is 1130. The second-order valence-electron chi connectivity index (χ2n) is 7.05. The highest BCUT2D eigenvalue weighted by molar-refractivity contribution is 5.75. The van der Waals surface area contributed by atoms with Crippen molar-refractivity contribution in [3.8, 4) is 11.3 Å². The molecule has 29 heavy (non-hydrogen) atoms. The molecule has 0 unspecified atom stereocenters. The van der Waals surface area contributed by atoms with Crippen molar-refractivity contribution in [1.29, 1.82) is 0 Å². The molecule has 0 aliphatic heterocycles. The van der Waals surface area contributed by atoms with E-state index in [0.717, 1.165) is 24.1 Å². The van der Waals surface area contributed by atoms with Crippen molar-refractivity contribution in [2.24, 2.45) is 0 Å². The lowest BCUT2D eigenvalue weighted by Crippen LogP contribution is -2.36. The van der Waals surface area contributed by atoms with Crippen LogP contribution in [0.5, 0.6) is 0 Å². The minimum Gasteiger partial charge on any atom is -0.353 e. The molecule has 3 aromatic rings. The molecular weight excluding hydrogens is 370 g/mol. The third kappa shape index (κ3) is 4.66. The van der Waals surface area contributed by atoms with E-state index < -0.39 is 0 Å². The lowest BCUT2D eigenvalue weighted by atomic mass is 10.1. The summed E-state index contributed by atoms with van der Waals surface area (Å²) in [5, 5.41) is 7.07. The standard InChI is InChI=1S/C21H21N5O3/c27-19(22-10-11-26-20(28)9-8-17(24-26)16-6-7-16)13-25-14-23-18(12-21(25)29)15-4-2-1-3-5-15/h1-5,8-9,12,14,16H,6-7,10-11,13H2,(H,22,27). The van der Waals surface area contributed by atoms with Crippen molar-refractivity contribution in [3.05, 3.63) is 81.3 Å². The van der Waals surface area contributed by atoms with Gasteiger partial charge in [0, 0.05) is 30.2 Å². The molecule has 0 spiro atoms. The zero-order chi connectivity index (χ0) is 20.2. The summed E-state index contributed by atoms with van der Waals surface area (Å²) in [5.74, 6) is 0.127. The topological polar surface area (TPSA) is 98.9 Å². The van der Waals surface area contributed by atoms with Crippen molar-refractivity contribution >= 4 is 5.91 Å². The third-order valence-electron chi connectivity index (χ3n) is 4.79. The van der Waals surface area contributed by atoms with Crippen LogP contribution in [0.1, 0.15) is 24.5 Å². The summed E-state index contributed by atoms with van der Waals surface area (Å²) < 4.78 is 2.62. The molecule has 1 aliphatic rings. The van der Waals surface area contributed by atoms with Gasteiger partial charge >= 0.3 is 0 Å². The van der Waals surface area contributed by atoms with Gasteiger partial charge in [-0.1, -0.05) is 30.3 Å². The van der Waals surface area contributed by atoms with E-state index >= 15 is 0 Å². The largest absolute Gasteiger partial charge is 0.353 e. The number of rotatable bonds is 7. The molecule has 1 aliphatic carbocycles. The van der Waals surface area contributed by atoms with Gasteiger partial charge < -0.3 is 5.32 Å². The van der Waals surface area contributed by atoms with Crippen molar-refractivity contribution in [3.63, 3.8) is 0 Å². The monoisotopic (exact) mass is 391 g/mol. The highest BCUT2D eigenvalue weighted by atomic mass is 16.2. The first-order valence-electron chi connectivity index (χ1n) is 9.57. The van der Waals surface area contributed by atoms with Gasteiger partial charge in [-0.15, -0.1) is 0 Å². The molecule has 2 heterocycles. The van der Waals surface area contributed by atoms with Gasteiger partial charge in [0.15, 0.2) is 0 Å². The molecule has 0 atom stereocenters. The first-order chi connectivity index (χ1) is 14.1. The molecule has 0 saturated heterocycles. The zero-order valence-corrected chi connectivity index (χ0v) is 15.8. The number of nitrogens with zero attached hydrogens (tertiary/aromatic N) is 4. The zero-order valence-electron chi connectivity index (χ0n) is 15.8. The predicted octanol–water partition coefficient (Wildman–Crippen LogP) is 1.16. The number of aromatic nitrogens is 4. The number of benzene rings is 1. The van der Waals surface area contributed by atoms with Crippen molar-refractivity contribution in [2.75, 3.05) is 6.54 Å². The molecule has 1 amide bonds. The van der Waals surface area contributed by atoms with E-state index in [-0.39, 0.29) is 36.7 Å². The van der Waals surface area contributed by atoms with Crippen molar-refractivity contribution < 1.29 is 4.79 Å². The number of amides is 1. The van der Waals surface area contributed by atoms with Crippen molar-refractivity contribution in [2.45, 2.75) is 31.8 Å². The molecule has 2 aromatic heterocycles. The van der Waals surface area contributed by atoms with Crippen LogP contribution >= 0.6 is 0 Å². The average molecular weight is 391 g/mol. The quantitative estimate of drug-likeness (QED) is 0.652. The smallest absolute Gasteiger partial charge is 0.266 e. The predicted molar refractivity (Wildman–Crippen MR) is 107 cm³/mol. The van der Waals surface area contributed by atoms with Crippen LogP contribution in [0.3, 0.4) is 0 Å². The molecule has 1 N–H and O–H groups in total. The van der Waals surface area contributed by atoms with Gasteiger partial charge in [0.25, 0.3) is 11.1 Å². The summed E-state index contributed by atoms with van der Waals surface area (Å²) in [6.45, 7) is 0.403. The van der Waals surface area contributed by atoms with Crippen LogP contribution in [0.15, 0.2) is 64.4 Å². The van der Waals surface area contributed by atoms with Gasteiger partial charge in [0.2, 0.25) is 5.91 Å². The van der Waals surface area contributed by atoms with Crippen LogP contribution in [-0.4, -0.2) is 31.8 Å². The van der Waals surface area contributed by atoms with Gasteiger partial charge in [-0.2, -0.15) is 5.10 Å². The summed E-state index contributed by atoms with van der Waals surface area (Å²) in [4.78, 5) is 40.6. The van der Waals surface area contributed by atoms with Gasteiger partial charge in [0.05, 0.1) is 24.3 Å². The summed E-state index contributed by atoms with van der Waals surface area (Å²) in [6, 6.07) is 14.1. The minimum absolute atomic E-state index is 0.134. The lowest BCUT2D eigenvalue weighted by Gasteiger charge is -2.09. The first-order valence-corrected chi connectivity index (χ1v) is 9.57. The second-order valence-corrected chi connectivity index (χ2v) is 7.05. The molecule has 0 bridgehead atoms. The van der Waals surface area contributed by atoms with Crippen LogP contribution in [-0.2, 0) is 17.9 Å². The average Bonchev–Trinajstić information content (AvgIpc) is 3.57. The maximum absolute atomic E-state index is 12.3.